The van der Waals surface area contributed by atoms with Crippen molar-refractivity contribution in [3.8, 4) is 0 Å². The fourth-order valence-corrected chi connectivity index (χ4v) is 1.82. The number of hydrogen-bond donors (Lipinski definition) is 1. The van der Waals surface area contributed by atoms with E-state index in [0.29, 0.717) is 25.2 Å². The van der Waals surface area contributed by atoms with Crippen molar-refractivity contribution in [2.45, 2.75) is 71.3 Å². The zero-order valence-electron chi connectivity index (χ0n) is 11.4. The van der Waals surface area contributed by atoms with Crippen LogP contribution in [-0.4, -0.2) is 30.2 Å². The highest BCUT2D eigenvalue weighted by atomic mass is 16.5. The molecule has 17 heavy (non-hydrogen) atoms. The molecule has 1 atom stereocenters. The Kier molecular flexibility index (Phi) is 11.8. The van der Waals surface area contributed by atoms with E-state index in [9.17, 15) is 4.79 Å². The summed E-state index contributed by atoms with van der Waals surface area (Å²) in [6.07, 6.45) is 7.60. The van der Waals surface area contributed by atoms with Crippen LogP contribution in [0.25, 0.3) is 0 Å². The van der Waals surface area contributed by atoms with E-state index >= 15 is 0 Å². The SMILES string of the molecule is CCCCCC(=O)CC(CCCC)OCCO. The van der Waals surface area contributed by atoms with E-state index in [-0.39, 0.29) is 12.7 Å². The van der Waals surface area contributed by atoms with Crippen molar-refractivity contribution in [3.05, 3.63) is 0 Å². The van der Waals surface area contributed by atoms with Crippen LogP contribution < -0.4 is 0 Å². The van der Waals surface area contributed by atoms with Gasteiger partial charge in [-0.1, -0.05) is 39.5 Å². The zero-order chi connectivity index (χ0) is 12.9. The Hall–Kier alpha value is -0.410. The lowest BCUT2D eigenvalue weighted by molar-refractivity contribution is -0.122. The smallest absolute Gasteiger partial charge is 0.135 e. The molecule has 0 aromatic heterocycles. The molecule has 0 amide bonds. The molecule has 0 aliphatic rings. The van der Waals surface area contributed by atoms with Crippen LogP contribution >= 0.6 is 0 Å². The van der Waals surface area contributed by atoms with Crippen molar-refractivity contribution in [2.75, 3.05) is 13.2 Å². The fourth-order valence-electron chi connectivity index (χ4n) is 1.82. The van der Waals surface area contributed by atoms with Gasteiger partial charge in [0.2, 0.25) is 0 Å². The van der Waals surface area contributed by atoms with E-state index < -0.39 is 0 Å². The first-order chi connectivity index (χ1) is 8.24. The molecule has 102 valence electrons. The Bertz CT molecular complexity index is 172. The molecule has 3 nitrogen and oxygen atoms in total. The van der Waals surface area contributed by atoms with Gasteiger partial charge in [-0.05, 0) is 12.8 Å². The molecule has 0 aliphatic carbocycles. The summed E-state index contributed by atoms with van der Waals surface area (Å²) in [6, 6.07) is 0. The Morgan fingerprint density at radius 1 is 1.18 bits per heavy atom. The molecular weight excluding hydrogens is 216 g/mol. The van der Waals surface area contributed by atoms with Crippen LogP contribution in [0.1, 0.15) is 65.2 Å². The van der Waals surface area contributed by atoms with E-state index in [4.69, 9.17) is 9.84 Å². The number of aliphatic hydroxyl groups excluding tert-OH is 1. The van der Waals surface area contributed by atoms with Crippen LogP contribution in [0.3, 0.4) is 0 Å². The van der Waals surface area contributed by atoms with Gasteiger partial charge in [-0.15, -0.1) is 0 Å². The average molecular weight is 244 g/mol. The third kappa shape index (κ3) is 10.5. The predicted molar refractivity (Wildman–Crippen MR) is 70.1 cm³/mol. The molecule has 0 aliphatic heterocycles. The van der Waals surface area contributed by atoms with Crippen molar-refractivity contribution >= 4 is 5.78 Å². The number of Topliss-reactive ketones (excluding diaryl/α,β-unsaturated/α-hetero) is 1. The van der Waals surface area contributed by atoms with Crippen molar-refractivity contribution in [1.82, 2.24) is 0 Å². The number of ether oxygens (including phenoxy) is 1. The molecule has 1 unspecified atom stereocenters. The largest absolute Gasteiger partial charge is 0.394 e. The Morgan fingerprint density at radius 3 is 2.47 bits per heavy atom. The summed E-state index contributed by atoms with van der Waals surface area (Å²) in [5.74, 6) is 0.303. The van der Waals surface area contributed by atoms with Crippen LogP contribution in [0.15, 0.2) is 0 Å². The van der Waals surface area contributed by atoms with Gasteiger partial charge < -0.3 is 9.84 Å². The monoisotopic (exact) mass is 244 g/mol. The maximum Gasteiger partial charge on any atom is 0.135 e. The van der Waals surface area contributed by atoms with E-state index in [1.165, 1.54) is 0 Å². The minimum Gasteiger partial charge on any atom is -0.394 e. The minimum atomic E-state index is 0.0104. The van der Waals surface area contributed by atoms with Crippen LogP contribution in [0, 0.1) is 0 Å². The van der Waals surface area contributed by atoms with Crippen molar-refractivity contribution in [3.63, 3.8) is 0 Å². The van der Waals surface area contributed by atoms with Gasteiger partial charge in [0, 0.05) is 12.8 Å². The molecule has 1 N–H and O–H groups in total. The van der Waals surface area contributed by atoms with Gasteiger partial charge in [0.05, 0.1) is 19.3 Å². The van der Waals surface area contributed by atoms with E-state index in [1.807, 2.05) is 0 Å². The number of unbranched alkanes of at least 4 members (excludes halogenated alkanes) is 3. The lowest BCUT2D eigenvalue weighted by Crippen LogP contribution is -2.19. The summed E-state index contributed by atoms with van der Waals surface area (Å²) in [7, 11) is 0. The van der Waals surface area contributed by atoms with Gasteiger partial charge in [0.25, 0.3) is 0 Å². The maximum absolute atomic E-state index is 11.7. The number of ketones is 1. The number of rotatable bonds is 12. The summed E-state index contributed by atoms with van der Waals surface area (Å²) in [4.78, 5) is 11.7. The first-order valence-corrected chi connectivity index (χ1v) is 6.98. The van der Waals surface area contributed by atoms with Crippen LogP contribution in [0.5, 0.6) is 0 Å². The van der Waals surface area contributed by atoms with Gasteiger partial charge in [-0.2, -0.15) is 0 Å². The summed E-state index contributed by atoms with van der Waals surface area (Å²) >= 11 is 0. The molecule has 0 radical (unpaired) electrons. The van der Waals surface area contributed by atoms with Crippen molar-refractivity contribution in [1.29, 1.82) is 0 Å². The Morgan fingerprint density at radius 2 is 1.88 bits per heavy atom. The molecule has 0 fully saturated rings. The second-order valence-corrected chi connectivity index (χ2v) is 4.56. The second-order valence-electron chi connectivity index (χ2n) is 4.56. The molecule has 0 spiro atoms. The molecule has 0 saturated heterocycles. The maximum atomic E-state index is 11.7. The fraction of sp³-hybridized carbons (Fsp3) is 0.929. The highest BCUT2D eigenvalue weighted by molar-refractivity contribution is 5.78. The summed E-state index contributed by atoms with van der Waals surface area (Å²) in [5, 5.41) is 8.74. The molecule has 0 rings (SSSR count). The normalized spacial score (nSPS) is 12.6. The lowest BCUT2D eigenvalue weighted by Gasteiger charge is -2.16. The Labute approximate surface area is 106 Å². The summed E-state index contributed by atoms with van der Waals surface area (Å²) in [6.45, 7) is 4.65. The van der Waals surface area contributed by atoms with E-state index in [2.05, 4.69) is 13.8 Å². The standard InChI is InChI=1S/C14H28O3/c1-3-5-7-8-13(16)12-14(9-6-4-2)17-11-10-15/h14-15H,3-12H2,1-2H3. The van der Waals surface area contributed by atoms with Gasteiger partial charge >= 0.3 is 0 Å². The molecule has 0 heterocycles. The highest BCUT2D eigenvalue weighted by Gasteiger charge is 2.13. The summed E-state index contributed by atoms with van der Waals surface area (Å²) < 4.78 is 5.50. The molecule has 0 aromatic rings. The highest BCUT2D eigenvalue weighted by Crippen LogP contribution is 2.12. The van der Waals surface area contributed by atoms with Crippen LogP contribution in [-0.2, 0) is 9.53 Å². The molecular formula is C14H28O3. The zero-order valence-corrected chi connectivity index (χ0v) is 11.4. The predicted octanol–water partition coefficient (Wildman–Crippen LogP) is 3.09. The Balaban J connectivity index is 3.81. The number of hydrogen-bond acceptors (Lipinski definition) is 3. The minimum absolute atomic E-state index is 0.0104. The quantitative estimate of drug-likeness (QED) is 0.537. The van der Waals surface area contributed by atoms with Gasteiger partial charge in [-0.25, -0.2) is 0 Å². The van der Waals surface area contributed by atoms with Crippen LogP contribution in [0.2, 0.25) is 0 Å². The van der Waals surface area contributed by atoms with Crippen molar-refractivity contribution in [2.24, 2.45) is 0 Å². The molecule has 3 heteroatoms. The number of aliphatic hydroxyl groups is 1. The lowest BCUT2D eigenvalue weighted by atomic mass is 10.0. The van der Waals surface area contributed by atoms with Gasteiger partial charge in [-0.3, -0.25) is 4.79 Å². The third-order valence-corrected chi connectivity index (χ3v) is 2.84. The number of carbonyl (C=O) groups is 1. The molecule has 0 aromatic carbocycles. The topological polar surface area (TPSA) is 46.5 Å². The molecule has 0 bridgehead atoms. The second kappa shape index (κ2) is 12.1. The van der Waals surface area contributed by atoms with Gasteiger partial charge in [0.1, 0.15) is 5.78 Å². The van der Waals surface area contributed by atoms with Crippen LogP contribution in [0.4, 0.5) is 0 Å². The first kappa shape index (κ1) is 16.6. The van der Waals surface area contributed by atoms with E-state index in [1.54, 1.807) is 0 Å². The van der Waals surface area contributed by atoms with E-state index in [0.717, 1.165) is 38.5 Å². The molecule has 0 saturated carbocycles. The average Bonchev–Trinajstić information content (AvgIpc) is 2.33. The number of carbonyl (C=O) groups excluding carboxylic acids is 1. The first-order valence-electron chi connectivity index (χ1n) is 6.98. The van der Waals surface area contributed by atoms with Gasteiger partial charge in [0.15, 0.2) is 0 Å². The third-order valence-electron chi connectivity index (χ3n) is 2.84. The van der Waals surface area contributed by atoms with Crippen molar-refractivity contribution < 1.29 is 14.6 Å². The summed E-state index contributed by atoms with van der Waals surface area (Å²) in [5.41, 5.74) is 0.